The van der Waals surface area contributed by atoms with Crippen LogP contribution in [0, 0.1) is 0 Å². The molecule has 0 bridgehead atoms. The Kier molecular flexibility index (Phi) is 4.09. The lowest BCUT2D eigenvalue weighted by Gasteiger charge is -2.12. The standard InChI is InChI=1S/C12H14O5/c1-4-8-9(11(13)12(14)15)5-7(16-2)6-10(8)17-3/h5-6H,4H2,1-3H3,(H,14,15). The first-order chi connectivity index (χ1) is 8.04. The number of methoxy groups -OCH3 is 2. The SMILES string of the molecule is CCc1c(OC)cc(OC)cc1C(=O)C(=O)O. The molecule has 0 aliphatic heterocycles. The van der Waals surface area contributed by atoms with E-state index < -0.39 is 11.8 Å². The number of ether oxygens (including phenoxy) is 2. The molecule has 0 atom stereocenters. The number of carboxylic acid groups (broad SMARTS) is 1. The van der Waals surface area contributed by atoms with Gasteiger partial charge in [-0.1, -0.05) is 6.92 Å². The number of carbonyl (C=O) groups excluding carboxylic acids is 1. The maximum Gasteiger partial charge on any atom is 0.377 e. The fraction of sp³-hybridized carbons (Fsp3) is 0.333. The quantitative estimate of drug-likeness (QED) is 0.622. The van der Waals surface area contributed by atoms with E-state index >= 15 is 0 Å². The van der Waals surface area contributed by atoms with Crippen molar-refractivity contribution in [3.8, 4) is 11.5 Å². The highest BCUT2D eigenvalue weighted by molar-refractivity contribution is 6.40. The zero-order chi connectivity index (χ0) is 13.0. The van der Waals surface area contributed by atoms with Crippen LogP contribution in [0.2, 0.25) is 0 Å². The molecule has 1 aromatic carbocycles. The molecule has 0 radical (unpaired) electrons. The van der Waals surface area contributed by atoms with Gasteiger partial charge in [0.25, 0.3) is 5.78 Å². The summed E-state index contributed by atoms with van der Waals surface area (Å²) in [5, 5.41) is 8.75. The van der Waals surface area contributed by atoms with Crippen molar-refractivity contribution in [1.29, 1.82) is 0 Å². The monoisotopic (exact) mass is 238 g/mol. The van der Waals surface area contributed by atoms with E-state index in [4.69, 9.17) is 14.6 Å². The second-order valence-corrected chi connectivity index (χ2v) is 3.34. The summed E-state index contributed by atoms with van der Waals surface area (Å²) in [6.45, 7) is 1.82. The second-order valence-electron chi connectivity index (χ2n) is 3.34. The minimum absolute atomic E-state index is 0.108. The summed E-state index contributed by atoms with van der Waals surface area (Å²) in [7, 11) is 2.90. The van der Waals surface area contributed by atoms with Crippen molar-refractivity contribution in [1.82, 2.24) is 0 Å². The molecule has 92 valence electrons. The molecule has 1 rings (SSSR count). The largest absolute Gasteiger partial charge is 0.497 e. The molecule has 0 unspecified atom stereocenters. The molecule has 1 aromatic rings. The molecule has 1 N–H and O–H groups in total. The van der Waals surface area contributed by atoms with E-state index in [0.717, 1.165) is 0 Å². The predicted molar refractivity (Wildman–Crippen MR) is 60.9 cm³/mol. The lowest BCUT2D eigenvalue weighted by Crippen LogP contribution is -2.15. The second kappa shape index (κ2) is 5.34. The summed E-state index contributed by atoms with van der Waals surface area (Å²) >= 11 is 0. The maximum atomic E-state index is 11.5. The normalized spacial score (nSPS) is 9.82. The van der Waals surface area contributed by atoms with Crippen LogP contribution in [-0.2, 0) is 11.2 Å². The lowest BCUT2D eigenvalue weighted by molar-refractivity contribution is -0.131. The third-order valence-corrected chi connectivity index (χ3v) is 2.43. The first-order valence-electron chi connectivity index (χ1n) is 5.07. The number of benzene rings is 1. The topological polar surface area (TPSA) is 72.8 Å². The van der Waals surface area contributed by atoms with Crippen LogP contribution >= 0.6 is 0 Å². The van der Waals surface area contributed by atoms with Crippen molar-refractivity contribution in [2.24, 2.45) is 0 Å². The number of hydrogen-bond donors (Lipinski definition) is 1. The van der Waals surface area contributed by atoms with Gasteiger partial charge in [0, 0.05) is 17.2 Å². The fourth-order valence-electron chi connectivity index (χ4n) is 1.60. The summed E-state index contributed by atoms with van der Waals surface area (Å²) in [5.74, 6) is -1.60. The fourth-order valence-corrected chi connectivity index (χ4v) is 1.60. The van der Waals surface area contributed by atoms with Gasteiger partial charge in [-0.2, -0.15) is 0 Å². The highest BCUT2D eigenvalue weighted by Gasteiger charge is 2.21. The zero-order valence-electron chi connectivity index (χ0n) is 9.94. The molecular weight excluding hydrogens is 224 g/mol. The van der Waals surface area contributed by atoms with E-state index in [1.807, 2.05) is 6.92 Å². The number of carboxylic acids is 1. The summed E-state index contributed by atoms with van der Waals surface area (Å²) < 4.78 is 10.1. The van der Waals surface area contributed by atoms with Gasteiger partial charge in [0.15, 0.2) is 0 Å². The Morgan fingerprint density at radius 2 is 1.88 bits per heavy atom. The van der Waals surface area contributed by atoms with Crippen LogP contribution in [-0.4, -0.2) is 31.1 Å². The molecule has 0 spiro atoms. The van der Waals surface area contributed by atoms with Crippen molar-refractivity contribution < 1.29 is 24.2 Å². The highest BCUT2D eigenvalue weighted by Crippen LogP contribution is 2.29. The Balaban J connectivity index is 3.44. The van der Waals surface area contributed by atoms with Crippen LogP contribution in [0.5, 0.6) is 11.5 Å². The van der Waals surface area contributed by atoms with Crippen LogP contribution in [0.4, 0.5) is 0 Å². The van der Waals surface area contributed by atoms with E-state index in [0.29, 0.717) is 23.5 Å². The average Bonchev–Trinajstić information content (AvgIpc) is 2.35. The number of rotatable bonds is 5. The van der Waals surface area contributed by atoms with Crippen molar-refractivity contribution in [2.75, 3.05) is 14.2 Å². The van der Waals surface area contributed by atoms with Gasteiger partial charge in [-0.25, -0.2) is 4.79 Å². The predicted octanol–water partition coefficient (Wildman–Crippen LogP) is 1.53. The Hall–Kier alpha value is -2.04. The third kappa shape index (κ3) is 2.55. The Morgan fingerprint density at radius 1 is 1.24 bits per heavy atom. The first kappa shape index (κ1) is 13.0. The van der Waals surface area contributed by atoms with Gasteiger partial charge in [0.05, 0.1) is 14.2 Å². The molecule has 0 aliphatic carbocycles. The number of Topliss-reactive ketones (excluding diaryl/α,β-unsaturated/α-hetero) is 1. The Bertz CT molecular complexity index is 450. The van der Waals surface area contributed by atoms with Crippen LogP contribution in [0.25, 0.3) is 0 Å². The van der Waals surface area contributed by atoms with E-state index in [-0.39, 0.29) is 5.56 Å². The Labute approximate surface area is 99.0 Å². The zero-order valence-corrected chi connectivity index (χ0v) is 9.94. The molecular formula is C12H14O5. The van der Waals surface area contributed by atoms with Crippen LogP contribution in [0.3, 0.4) is 0 Å². The molecule has 5 nitrogen and oxygen atoms in total. The molecule has 0 heterocycles. The van der Waals surface area contributed by atoms with Crippen LogP contribution < -0.4 is 9.47 Å². The molecule has 0 saturated heterocycles. The number of aliphatic carboxylic acids is 1. The summed E-state index contributed by atoms with van der Waals surface area (Å²) in [5.41, 5.74) is 0.678. The van der Waals surface area contributed by atoms with Gasteiger partial charge < -0.3 is 14.6 Å². The smallest absolute Gasteiger partial charge is 0.377 e. The van der Waals surface area contributed by atoms with E-state index in [1.165, 1.54) is 20.3 Å². The van der Waals surface area contributed by atoms with Crippen molar-refractivity contribution in [2.45, 2.75) is 13.3 Å². The average molecular weight is 238 g/mol. The Morgan fingerprint density at radius 3 is 2.29 bits per heavy atom. The molecule has 0 saturated carbocycles. The maximum absolute atomic E-state index is 11.5. The van der Waals surface area contributed by atoms with Crippen LogP contribution in [0.1, 0.15) is 22.8 Å². The van der Waals surface area contributed by atoms with Crippen LogP contribution in [0.15, 0.2) is 12.1 Å². The number of carbonyl (C=O) groups is 2. The van der Waals surface area contributed by atoms with Gasteiger partial charge in [0.1, 0.15) is 11.5 Å². The molecule has 0 aliphatic rings. The summed E-state index contributed by atoms with van der Waals surface area (Å²) in [6, 6.07) is 3.04. The van der Waals surface area contributed by atoms with Gasteiger partial charge >= 0.3 is 5.97 Å². The number of hydrogen-bond acceptors (Lipinski definition) is 4. The molecule has 0 fully saturated rings. The molecule has 17 heavy (non-hydrogen) atoms. The molecule has 5 heteroatoms. The third-order valence-electron chi connectivity index (χ3n) is 2.43. The van der Waals surface area contributed by atoms with Gasteiger partial charge in [-0.05, 0) is 12.5 Å². The van der Waals surface area contributed by atoms with Gasteiger partial charge in [0.2, 0.25) is 0 Å². The lowest BCUT2D eigenvalue weighted by atomic mass is 10.00. The van der Waals surface area contributed by atoms with E-state index in [1.54, 1.807) is 6.07 Å². The summed E-state index contributed by atoms with van der Waals surface area (Å²) in [4.78, 5) is 22.3. The highest BCUT2D eigenvalue weighted by atomic mass is 16.5. The molecule has 0 aromatic heterocycles. The minimum atomic E-state index is -1.49. The van der Waals surface area contributed by atoms with Crippen molar-refractivity contribution in [3.63, 3.8) is 0 Å². The summed E-state index contributed by atoms with van der Waals surface area (Å²) in [6.07, 6.45) is 0.502. The van der Waals surface area contributed by atoms with E-state index in [9.17, 15) is 9.59 Å². The number of ketones is 1. The minimum Gasteiger partial charge on any atom is -0.497 e. The van der Waals surface area contributed by atoms with Crippen molar-refractivity contribution >= 4 is 11.8 Å². The van der Waals surface area contributed by atoms with Crippen molar-refractivity contribution in [3.05, 3.63) is 23.3 Å². The molecule has 0 amide bonds. The van der Waals surface area contributed by atoms with Gasteiger partial charge in [-0.3, -0.25) is 4.79 Å². The van der Waals surface area contributed by atoms with E-state index in [2.05, 4.69) is 0 Å². The van der Waals surface area contributed by atoms with Gasteiger partial charge in [-0.15, -0.1) is 0 Å². The first-order valence-corrected chi connectivity index (χ1v) is 5.07.